The van der Waals surface area contributed by atoms with Gasteiger partial charge in [-0.2, -0.15) is 0 Å². The Balaban J connectivity index is 2.09. The van der Waals surface area contributed by atoms with Crippen molar-refractivity contribution < 1.29 is 9.13 Å². The van der Waals surface area contributed by atoms with Crippen LogP contribution < -0.4 is 0 Å². The summed E-state index contributed by atoms with van der Waals surface area (Å²) < 4.78 is 19.5. The molecule has 3 aliphatic heterocycles. The number of hydrogen-bond acceptors (Lipinski definition) is 2. The van der Waals surface area contributed by atoms with Crippen LogP contribution in [0.4, 0.5) is 4.39 Å². The number of ether oxygens (including phenoxy) is 1. The van der Waals surface area contributed by atoms with Crippen molar-refractivity contribution in [2.75, 3.05) is 13.1 Å². The molecule has 0 aliphatic carbocycles. The van der Waals surface area contributed by atoms with Gasteiger partial charge < -0.3 is 4.74 Å². The van der Waals surface area contributed by atoms with E-state index in [4.69, 9.17) is 4.74 Å². The monoisotopic (exact) mass is 187 g/mol. The zero-order chi connectivity index (χ0) is 9.64. The second-order valence-corrected chi connectivity index (χ2v) is 4.78. The quantitative estimate of drug-likeness (QED) is 0.618. The Morgan fingerprint density at radius 2 is 2.15 bits per heavy atom. The second-order valence-electron chi connectivity index (χ2n) is 4.78. The van der Waals surface area contributed by atoms with Crippen molar-refractivity contribution in [2.45, 2.75) is 51.1 Å². The standard InChI is InChI=1S/C10H18FNO/c1-7(2)12-5-8-4-9(13-8)10(3,11)6-12/h7-9H,4-6H2,1-3H3. The van der Waals surface area contributed by atoms with E-state index in [1.807, 2.05) is 0 Å². The molecular weight excluding hydrogens is 169 g/mol. The van der Waals surface area contributed by atoms with Gasteiger partial charge in [0, 0.05) is 25.6 Å². The number of fused-ring (bicyclic) bond motifs is 3. The van der Waals surface area contributed by atoms with Gasteiger partial charge in [-0.25, -0.2) is 4.39 Å². The molecule has 13 heavy (non-hydrogen) atoms. The van der Waals surface area contributed by atoms with Gasteiger partial charge in [-0.05, 0) is 20.8 Å². The maximum absolute atomic E-state index is 14.0. The average molecular weight is 187 g/mol. The molecule has 3 atom stereocenters. The molecule has 3 heterocycles. The fourth-order valence-corrected chi connectivity index (χ4v) is 2.18. The van der Waals surface area contributed by atoms with Gasteiger partial charge >= 0.3 is 0 Å². The Hall–Kier alpha value is -0.150. The molecule has 3 fully saturated rings. The predicted octanol–water partition coefficient (Wildman–Crippen LogP) is 1.60. The molecule has 2 bridgehead atoms. The Morgan fingerprint density at radius 3 is 2.69 bits per heavy atom. The number of nitrogens with zero attached hydrogens (tertiary/aromatic N) is 1. The van der Waals surface area contributed by atoms with Gasteiger partial charge in [0.25, 0.3) is 0 Å². The zero-order valence-electron chi connectivity index (χ0n) is 8.59. The summed E-state index contributed by atoms with van der Waals surface area (Å²) in [7, 11) is 0. The van der Waals surface area contributed by atoms with Crippen LogP contribution >= 0.6 is 0 Å². The van der Waals surface area contributed by atoms with E-state index < -0.39 is 5.67 Å². The molecule has 0 aromatic rings. The summed E-state index contributed by atoms with van der Waals surface area (Å²) in [4.78, 5) is 2.18. The highest BCUT2D eigenvalue weighted by molar-refractivity contribution is 4.99. The van der Waals surface area contributed by atoms with Crippen molar-refractivity contribution in [2.24, 2.45) is 0 Å². The van der Waals surface area contributed by atoms with Crippen molar-refractivity contribution in [3.05, 3.63) is 0 Å². The van der Waals surface area contributed by atoms with E-state index in [9.17, 15) is 4.39 Å². The van der Waals surface area contributed by atoms with Gasteiger partial charge in [0.15, 0.2) is 0 Å². The molecule has 0 radical (unpaired) electrons. The Morgan fingerprint density at radius 1 is 1.54 bits per heavy atom. The smallest absolute Gasteiger partial charge is 0.146 e. The van der Waals surface area contributed by atoms with Gasteiger partial charge in [0.1, 0.15) is 5.67 Å². The van der Waals surface area contributed by atoms with Crippen LogP contribution in [0.3, 0.4) is 0 Å². The van der Waals surface area contributed by atoms with Crippen LogP contribution in [0.2, 0.25) is 0 Å². The molecular formula is C10H18FNO. The predicted molar refractivity (Wildman–Crippen MR) is 49.5 cm³/mol. The third kappa shape index (κ3) is 1.59. The van der Waals surface area contributed by atoms with Crippen LogP contribution in [0.15, 0.2) is 0 Å². The fourth-order valence-electron chi connectivity index (χ4n) is 2.18. The van der Waals surface area contributed by atoms with Crippen LogP contribution in [0.1, 0.15) is 27.2 Å². The van der Waals surface area contributed by atoms with Crippen molar-refractivity contribution >= 4 is 0 Å². The highest BCUT2D eigenvalue weighted by atomic mass is 19.1. The summed E-state index contributed by atoms with van der Waals surface area (Å²) >= 11 is 0. The van der Waals surface area contributed by atoms with Crippen LogP contribution in [0, 0.1) is 0 Å². The van der Waals surface area contributed by atoms with E-state index in [0.717, 1.165) is 13.0 Å². The largest absolute Gasteiger partial charge is 0.370 e. The van der Waals surface area contributed by atoms with Crippen LogP contribution in [-0.4, -0.2) is 41.9 Å². The minimum atomic E-state index is -1.16. The minimum Gasteiger partial charge on any atom is -0.370 e. The second kappa shape index (κ2) is 2.92. The van der Waals surface area contributed by atoms with E-state index in [1.54, 1.807) is 6.92 Å². The molecule has 2 nitrogen and oxygen atoms in total. The van der Waals surface area contributed by atoms with Crippen molar-refractivity contribution in [3.63, 3.8) is 0 Å². The summed E-state index contributed by atoms with van der Waals surface area (Å²) in [5, 5.41) is 0. The lowest BCUT2D eigenvalue weighted by Crippen LogP contribution is -2.49. The molecule has 3 aliphatic rings. The maximum atomic E-state index is 14.0. The molecule has 3 unspecified atom stereocenters. The van der Waals surface area contributed by atoms with E-state index in [1.165, 1.54) is 0 Å². The molecule has 0 spiro atoms. The Kier molecular flexibility index (Phi) is 2.11. The van der Waals surface area contributed by atoms with Crippen LogP contribution in [0.25, 0.3) is 0 Å². The van der Waals surface area contributed by atoms with Crippen molar-refractivity contribution in [1.82, 2.24) is 4.90 Å². The summed E-state index contributed by atoms with van der Waals surface area (Å²) in [5.74, 6) is 0. The minimum absolute atomic E-state index is 0.152. The Labute approximate surface area is 79.1 Å². The van der Waals surface area contributed by atoms with E-state index in [2.05, 4.69) is 18.7 Å². The van der Waals surface area contributed by atoms with Crippen LogP contribution in [-0.2, 0) is 4.74 Å². The summed E-state index contributed by atoms with van der Waals surface area (Å²) in [6.07, 6.45) is 1.03. The number of alkyl halides is 1. The number of rotatable bonds is 1. The fraction of sp³-hybridized carbons (Fsp3) is 1.00. The maximum Gasteiger partial charge on any atom is 0.146 e. The Bertz CT molecular complexity index is 199. The van der Waals surface area contributed by atoms with Gasteiger partial charge in [0.2, 0.25) is 0 Å². The van der Waals surface area contributed by atoms with E-state index in [0.29, 0.717) is 12.6 Å². The SMILES string of the molecule is CC(C)N1CC2CC(O2)C(C)(F)C1. The lowest BCUT2D eigenvalue weighted by atomic mass is 9.93. The zero-order valence-corrected chi connectivity index (χ0v) is 8.59. The molecule has 0 saturated carbocycles. The van der Waals surface area contributed by atoms with E-state index in [-0.39, 0.29) is 12.2 Å². The van der Waals surface area contributed by atoms with E-state index >= 15 is 0 Å². The van der Waals surface area contributed by atoms with Crippen molar-refractivity contribution in [1.29, 1.82) is 0 Å². The molecule has 3 rings (SSSR count). The highest BCUT2D eigenvalue weighted by Gasteiger charge is 2.49. The first-order valence-electron chi connectivity index (χ1n) is 5.07. The van der Waals surface area contributed by atoms with Gasteiger partial charge in [-0.1, -0.05) is 0 Å². The lowest BCUT2D eigenvalue weighted by molar-refractivity contribution is -0.164. The first kappa shape index (κ1) is 9.41. The molecule has 3 heteroatoms. The average Bonchev–Trinajstić information content (AvgIpc) is 2.09. The summed E-state index contributed by atoms with van der Waals surface area (Å²) in [6.45, 7) is 7.30. The van der Waals surface area contributed by atoms with Gasteiger partial charge in [-0.15, -0.1) is 0 Å². The van der Waals surface area contributed by atoms with Crippen LogP contribution in [0.5, 0.6) is 0 Å². The topological polar surface area (TPSA) is 12.5 Å². The third-order valence-corrected chi connectivity index (χ3v) is 3.19. The summed E-state index contributed by atoms with van der Waals surface area (Å²) in [5.41, 5.74) is -1.16. The van der Waals surface area contributed by atoms with Gasteiger partial charge in [0.05, 0.1) is 12.2 Å². The molecule has 76 valence electrons. The first-order chi connectivity index (χ1) is 5.99. The summed E-state index contributed by atoms with van der Waals surface area (Å²) in [6, 6.07) is 0.415. The lowest BCUT2D eigenvalue weighted by Gasteiger charge is -2.38. The molecule has 0 aromatic heterocycles. The molecule has 3 saturated heterocycles. The van der Waals surface area contributed by atoms with Crippen molar-refractivity contribution in [3.8, 4) is 0 Å². The molecule has 0 amide bonds. The highest BCUT2D eigenvalue weighted by Crippen LogP contribution is 2.37. The normalized spacial score (nSPS) is 45.9. The number of hydrogen-bond donors (Lipinski definition) is 0. The van der Waals surface area contributed by atoms with Gasteiger partial charge in [-0.3, -0.25) is 4.90 Å². The third-order valence-electron chi connectivity index (χ3n) is 3.19. The molecule has 0 N–H and O–H groups in total. The first-order valence-corrected chi connectivity index (χ1v) is 5.07. The number of halogens is 1. The molecule has 0 aromatic carbocycles.